The van der Waals surface area contributed by atoms with Crippen LogP contribution in [0.4, 0.5) is 0 Å². The topological polar surface area (TPSA) is 78.4 Å². The van der Waals surface area contributed by atoms with Crippen molar-refractivity contribution in [1.82, 2.24) is 20.9 Å². The van der Waals surface area contributed by atoms with E-state index in [4.69, 9.17) is 0 Å². The van der Waals surface area contributed by atoms with Gasteiger partial charge in [-0.25, -0.2) is 9.98 Å². The van der Waals surface area contributed by atoms with Gasteiger partial charge in [0.25, 0.3) is 5.91 Å². The molecule has 2 rings (SSSR count). The van der Waals surface area contributed by atoms with Crippen LogP contribution < -0.4 is 16.0 Å². The first-order valence-corrected chi connectivity index (χ1v) is 10.2. The van der Waals surface area contributed by atoms with Gasteiger partial charge in [0.1, 0.15) is 0 Å². The van der Waals surface area contributed by atoms with Crippen molar-refractivity contribution in [2.24, 2.45) is 4.99 Å². The van der Waals surface area contributed by atoms with Gasteiger partial charge in [0.05, 0.1) is 11.6 Å². The van der Waals surface area contributed by atoms with E-state index in [0.29, 0.717) is 18.7 Å². The molecule has 0 atom stereocenters. The first-order chi connectivity index (χ1) is 13.1. The molecule has 8 heteroatoms. The van der Waals surface area contributed by atoms with Gasteiger partial charge >= 0.3 is 0 Å². The average Bonchev–Trinajstić information content (AvgIpc) is 3.09. The minimum absolute atomic E-state index is 0. The number of carbonyl (C=O) groups is 1. The fraction of sp³-hybridized carbons (Fsp3) is 0.450. The predicted octanol–water partition coefficient (Wildman–Crippen LogP) is 3.51. The summed E-state index contributed by atoms with van der Waals surface area (Å²) in [6, 6.07) is 7.62. The molecular weight excluding hydrogens is 485 g/mol. The van der Waals surface area contributed by atoms with Gasteiger partial charge in [-0.05, 0) is 38.0 Å². The maximum atomic E-state index is 12.1. The highest BCUT2D eigenvalue weighted by atomic mass is 127. The number of aliphatic imine (C=N–C) groups is 1. The summed E-state index contributed by atoms with van der Waals surface area (Å²) in [5.74, 6) is 0.734. The molecule has 0 unspecified atom stereocenters. The molecule has 3 N–H and O–H groups in total. The monoisotopic (exact) mass is 515 g/mol. The van der Waals surface area contributed by atoms with Crippen LogP contribution in [-0.4, -0.2) is 36.5 Å². The number of nitrogens with zero attached hydrogens (tertiary/aromatic N) is 2. The predicted molar refractivity (Wildman–Crippen MR) is 128 cm³/mol. The summed E-state index contributed by atoms with van der Waals surface area (Å²) >= 11 is 1.72. The van der Waals surface area contributed by atoms with Gasteiger partial charge in [0, 0.05) is 42.7 Å². The zero-order valence-electron chi connectivity index (χ0n) is 16.7. The molecule has 0 saturated carbocycles. The molecule has 0 aliphatic heterocycles. The minimum Gasteiger partial charge on any atom is -0.357 e. The molecule has 6 nitrogen and oxygen atoms in total. The minimum atomic E-state index is -0.0357. The van der Waals surface area contributed by atoms with Gasteiger partial charge in [0.15, 0.2) is 5.96 Å². The number of benzene rings is 1. The summed E-state index contributed by atoms with van der Waals surface area (Å²) in [5.41, 5.74) is 1.68. The lowest BCUT2D eigenvalue weighted by atomic mass is 10.1. The third-order valence-electron chi connectivity index (χ3n) is 3.79. The highest BCUT2D eigenvalue weighted by Crippen LogP contribution is 2.11. The van der Waals surface area contributed by atoms with Crippen LogP contribution in [0.25, 0.3) is 0 Å². The Labute approximate surface area is 188 Å². The molecule has 0 fully saturated rings. The van der Waals surface area contributed by atoms with Gasteiger partial charge < -0.3 is 16.0 Å². The maximum absolute atomic E-state index is 12.1. The number of rotatable bonds is 9. The lowest BCUT2D eigenvalue weighted by molar-refractivity contribution is 0.0953. The van der Waals surface area contributed by atoms with E-state index in [-0.39, 0.29) is 29.9 Å². The molecule has 0 aliphatic carbocycles. The summed E-state index contributed by atoms with van der Waals surface area (Å²) in [7, 11) is 0. The molecule has 154 valence electrons. The van der Waals surface area contributed by atoms with Crippen molar-refractivity contribution < 1.29 is 4.79 Å². The zero-order valence-corrected chi connectivity index (χ0v) is 19.9. The van der Waals surface area contributed by atoms with Crippen molar-refractivity contribution in [3.05, 3.63) is 51.5 Å². The van der Waals surface area contributed by atoms with E-state index >= 15 is 0 Å². The Bertz CT molecular complexity index is 763. The summed E-state index contributed by atoms with van der Waals surface area (Å²) in [5, 5.41) is 10.6. The first kappa shape index (κ1) is 24.4. The number of hydrogen-bond acceptors (Lipinski definition) is 4. The average molecular weight is 515 g/mol. The summed E-state index contributed by atoms with van der Waals surface area (Å²) < 4.78 is 0. The molecule has 1 aromatic carbocycles. The van der Waals surface area contributed by atoms with Gasteiger partial charge in [-0.1, -0.05) is 19.1 Å². The highest BCUT2D eigenvalue weighted by Gasteiger charge is 2.05. The van der Waals surface area contributed by atoms with Gasteiger partial charge in [-0.2, -0.15) is 0 Å². The Kier molecular flexibility index (Phi) is 11.7. The molecule has 0 saturated heterocycles. The SMILES string of the molecule is CCCNC(=O)c1cccc(CN=C(NCC)NCCc2ncc(C)s2)c1.I. The van der Waals surface area contributed by atoms with Crippen molar-refractivity contribution in [2.45, 2.75) is 40.2 Å². The Hall–Kier alpha value is -1.68. The maximum Gasteiger partial charge on any atom is 0.251 e. The standard InChI is InChI=1S/C20H29N5OS.HI/c1-4-10-22-19(26)17-8-6-7-16(12-17)14-25-20(21-5-2)23-11-9-18-24-13-15(3)27-18;/h6-8,12-13H,4-5,9-11,14H2,1-3H3,(H,22,26)(H2,21,23,25);1H. The quantitative estimate of drug-likeness (QED) is 0.272. The Morgan fingerprint density at radius 3 is 2.68 bits per heavy atom. The lowest BCUT2D eigenvalue weighted by Crippen LogP contribution is -2.38. The number of aromatic nitrogens is 1. The van der Waals surface area contributed by atoms with Crippen LogP contribution in [0.2, 0.25) is 0 Å². The highest BCUT2D eigenvalue weighted by molar-refractivity contribution is 14.0. The molecular formula is C20H30IN5OS. The second kappa shape index (κ2) is 13.5. The van der Waals surface area contributed by atoms with Gasteiger partial charge in [-0.15, -0.1) is 35.3 Å². The molecule has 1 heterocycles. The van der Waals surface area contributed by atoms with Crippen molar-refractivity contribution in [3.63, 3.8) is 0 Å². The third kappa shape index (κ3) is 8.55. The number of guanidine groups is 1. The lowest BCUT2D eigenvalue weighted by Gasteiger charge is -2.11. The van der Waals surface area contributed by atoms with Crippen LogP contribution >= 0.6 is 35.3 Å². The molecule has 0 radical (unpaired) electrons. The number of hydrogen-bond donors (Lipinski definition) is 3. The number of nitrogens with one attached hydrogen (secondary N) is 3. The second-order valence-electron chi connectivity index (χ2n) is 6.19. The van der Waals surface area contributed by atoms with Crippen LogP contribution in [0.3, 0.4) is 0 Å². The molecule has 28 heavy (non-hydrogen) atoms. The van der Waals surface area contributed by atoms with Gasteiger partial charge in [0.2, 0.25) is 0 Å². The largest absolute Gasteiger partial charge is 0.357 e. The molecule has 0 spiro atoms. The van der Waals surface area contributed by atoms with E-state index < -0.39 is 0 Å². The van der Waals surface area contributed by atoms with Crippen LogP contribution in [0, 0.1) is 6.92 Å². The Balaban J connectivity index is 0.00000392. The fourth-order valence-corrected chi connectivity index (χ4v) is 3.26. The summed E-state index contributed by atoms with van der Waals surface area (Å²) in [4.78, 5) is 22.3. The van der Waals surface area contributed by atoms with Crippen molar-refractivity contribution >= 4 is 47.2 Å². The number of thiazole rings is 1. The number of halogens is 1. The molecule has 0 aliphatic rings. The molecule has 1 aromatic heterocycles. The van der Waals surface area contributed by atoms with Crippen LogP contribution in [0.5, 0.6) is 0 Å². The van der Waals surface area contributed by atoms with Crippen molar-refractivity contribution in [2.75, 3.05) is 19.6 Å². The van der Waals surface area contributed by atoms with Crippen LogP contribution in [0.1, 0.15) is 46.1 Å². The van der Waals surface area contributed by atoms with E-state index in [0.717, 1.165) is 42.5 Å². The van der Waals surface area contributed by atoms with E-state index in [9.17, 15) is 4.79 Å². The number of carbonyl (C=O) groups excluding carboxylic acids is 1. The zero-order chi connectivity index (χ0) is 19.5. The van der Waals surface area contributed by atoms with Crippen LogP contribution in [-0.2, 0) is 13.0 Å². The summed E-state index contributed by atoms with van der Waals surface area (Å²) in [6.45, 7) is 8.92. The van der Waals surface area contributed by atoms with E-state index in [1.807, 2.05) is 44.3 Å². The fourth-order valence-electron chi connectivity index (χ4n) is 2.47. The first-order valence-electron chi connectivity index (χ1n) is 9.43. The second-order valence-corrected chi connectivity index (χ2v) is 7.51. The summed E-state index contributed by atoms with van der Waals surface area (Å²) in [6.07, 6.45) is 3.70. The van der Waals surface area contributed by atoms with E-state index in [1.165, 1.54) is 4.88 Å². The Morgan fingerprint density at radius 1 is 1.18 bits per heavy atom. The number of amides is 1. The number of aryl methyl sites for hydroxylation is 1. The van der Waals surface area contributed by atoms with E-state index in [2.05, 4.69) is 32.9 Å². The molecule has 1 amide bonds. The smallest absolute Gasteiger partial charge is 0.251 e. The van der Waals surface area contributed by atoms with E-state index in [1.54, 1.807) is 11.3 Å². The molecule has 0 bridgehead atoms. The third-order valence-corrected chi connectivity index (χ3v) is 4.76. The van der Waals surface area contributed by atoms with Crippen molar-refractivity contribution in [3.8, 4) is 0 Å². The van der Waals surface area contributed by atoms with Crippen molar-refractivity contribution in [1.29, 1.82) is 0 Å². The van der Waals surface area contributed by atoms with Gasteiger partial charge in [-0.3, -0.25) is 4.79 Å². The normalized spacial score (nSPS) is 10.9. The van der Waals surface area contributed by atoms with Crippen LogP contribution in [0.15, 0.2) is 35.5 Å². The molecule has 2 aromatic rings. The Morgan fingerprint density at radius 2 is 2.00 bits per heavy atom.